The molecule has 0 aromatic rings. The first-order chi connectivity index (χ1) is 9.19. The monoisotopic (exact) mass is 258 g/mol. The summed E-state index contributed by atoms with van der Waals surface area (Å²) in [6.45, 7) is 4.79. The molecule has 3 rings (SSSR count). The average Bonchev–Trinajstić information content (AvgIpc) is 2.46. The maximum absolute atomic E-state index is 9.80. The van der Waals surface area contributed by atoms with E-state index in [9.17, 15) is 5.11 Å². The van der Waals surface area contributed by atoms with E-state index in [-0.39, 0.29) is 12.0 Å². The summed E-state index contributed by atoms with van der Waals surface area (Å²) >= 11 is 0. The van der Waals surface area contributed by atoms with Crippen LogP contribution in [0.3, 0.4) is 0 Å². The van der Waals surface area contributed by atoms with Crippen molar-refractivity contribution in [3.8, 4) is 0 Å². The predicted octanol–water partition coefficient (Wildman–Crippen LogP) is 4.40. The smallest absolute Gasteiger partial charge is 0.0522 e. The molecule has 1 N–H and O–H groups in total. The zero-order chi connectivity index (χ0) is 13.5. The lowest BCUT2D eigenvalue weighted by Crippen LogP contribution is -2.39. The van der Waals surface area contributed by atoms with Crippen molar-refractivity contribution in [2.45, 2.75) is 52.4 Å². The molecule has 0 saturated heterocycles. The summed E-state index contributed by atoms with van der Waals surface area (Å²) in [5.74, 6) is 1.28. The highest BCUT2D eigenvalue weighted by atomic mass is 16.3. The second-order valence-corrected chi connectivity index (χ2v) is 6.71. The van der Waals surface area contributed by atoms with Gasteiger partial charge in [0.25, 0.3) is 0 Å². The molecule has 19 heavy (non-hydrogen) atoms. The van der Waals surface area contributed by atoms with Crippen LogP contribution in [0.4, 0.5) is 0 Å². The van der Waals surface area contributed by atoms with Crippen molar-refractivity contribution in [2.24, 2.45) is 17.3 Å². The van der Waals surface area contributed by atoms with E-state index in [4.69, 9.17) is 0 Å². The Morgan fingerprint density at radius 3 is 2.95 bits per heavy atom. The first-order valence-electron chi connectivity index (χ1n) is 7.92. The molecule has 104 valence electrons. The lowest BCUT2D eigenvalue weighted by Gasteiger charge is -2.46. The van der Waals surface area contributed by atoms with Crippen LogP contribution < -0.4 is 0 Å². The Morgan fingerprint density at radius 1 is 1.37 bits per heavy atom. The normalized spacial score (nSPS) is 37.7. The molecule has 1 nitrogen and oxygen atoms in total. The molecular formula is C18H26O. The van der Waals surface area contributed by atoms with E-state index in [1.54, 1.807) is 16.7 Å². The molecule has 0 amide bonds. The van der Waals surface area contributed by atoms with Crippen molar-refractivity contribution in [1.29, 1.82) is 0 Å². The van der Waals surface area contributed by atoms with Crippen molar-refractivity contribution >= 4 is 0 Å². The van der Waals surface area contributed by atoms with E-state index in [1.807, 2.05) is 0 Å². The van der Waals surface area contributed by atoms with Crippen LogP contribution in [0.5, 0.6) is 0 Å². The third-order valence-corrected chi connectivity index (χ3v) is 5.64. The summed E-state index contributed by atoms with van der Waals surface area (Å²) in [5.41, 5.74) is 4.87. The van der Waals surface area contributed by atoms with Gasteiger partial charge in [-0.05, 0) is 60.7 Å². The van der Waals surface area contributed by atoms with Crippen LogP contribution in [-0.2, 0) is 0 Å². The quantitative estimate of drug-likeness (QED) is 0.778. The Morgan fingerprint density at radius 2 is 2.21 bits per heavy atom. The molecule has 3 atom stereocenters. The number of hydrogen-bond donors (Lipinski definition) is 1. The van der Waals surface area contributed by atoms with Gasteiger partial charge in [0.2, 0.25) is 0 Å². The van der Waals surface area contributed by atoms with Crippen molar-refractivity contribution in [2.75, 3.05) is 6.61 Å². The van der Waals surface area contributed by atoms with Gasteiger partial charge < -0.3 is 5.11 Å². The largest absolute Gasteiger partial charge is 0.395 e. The van der Waals surface area contributed by atoms with E-state index in [0.717, 1.165) is 0 Å². The lowest BCUT2D eigenvalue weighted by atomic mass is 9.59. The molecule has 3 aliphatic carbocycles. The van der Waals surface area contributed by atoms with Crippen LogP contribution in [-0.4, -0.2) is 11.7 Å². The van der Waals surface area contributed by atoms with Gasteiger partial charge in [-0.1, -0.05) is 38.5 Å². The van der Waals surface area contributed by atoms with Crippen LogP contribution in [0.25, 0.3) is 0 Å². The number of aliphatic hydroxyl groups is 1. The van der Waals surface area contributed by atoms with E-state index >= 15 is 0 Å². The summed E-state index contributed by atoms with van der Waals surface area (Å²) < 4.78 is 0. The summed E-state index contributed by atoms with van der Waals surface area (Å²) in [7, 11) is 0. The zero-order valence-electron chi connectivity index (χ0n) is 12.3. The Bertz CT molecular complexity index is 454. The minimum atomic E-state index is -0.0145. The van der Waals surface area contributed by atoms with Crippen molar-refractivity contribution in [3.63, 3.8) is 0 Å². The minimum Gasteiger partial charge on any atom is -0.395 e. The molecule has 0 aromatic carbocycles. The lowest BCUT2D eigenvalue weighted by molar-refractivity contribution is 0.0833. The molecular weight excluding hydrogens is 232 g/mol. The van der Waals surface area contributed by atoms with Crippen LogP contribution in [0.2, 0.25) is 0 Å². The molecule has 3 aliphatic rings. The van der Waals surface area contributed by atoms with Crippen LogP contribution >= 0.6 is 0 Å². The summed E-state index contributed by atoms with van der Waals surface area (Å²) in [6.07, 6.45) is 14.7. The molecule has 0 unspecified atom stereocenters. The van der Waals surface area contributed by atoms with Gasteiger partial charge in [0.1, 0.15) is 0 Å². The highest BCUT2D eigenvalue weighted by molar-refractivity contribution is 5.47. The number of allylic oxidation sites excluding steroid dienone is 5. The van der Waals surface area contributed by atoms with Crippen molar-refractivity contribution in [1.82, 2.24) is 0 Å². The first-order valence-corrected chi connectivity index (χ1v) is 7.92. The number of fused-ring (bicyclic) bond motifs is 2. The second kappa shape index (κ2) is 4.94. The van der Waals surface area contributed by atoms with Gasteiger partial charge in [0.05, 0.1) is 6.61 Å². The summed E-state index contributed by atoms with van der Waals surface area (Å²) in [5, 5.41) is 9.80. The SMILES string of the molecule is CC[C@H]1[C@@H]2CCC3=CCCCC3=C2C=C[C@]1(C)CO. The molecule has 0 aromatic heterocycles. The molecule has 0 bridgehead atoms. The van der Waals surface area contributed by atoms with Crippen LogP contribution in [0, 0.1) is 17.3 Å². The number of hydrogen-bond acceptors (Lipinski definition) is 1. The Kier molecular flexibility index (Phi) is 3.42. The van der Waals surface area contributed by atoms with Crippen molar-refractivity contribution in [3.05, 3.63) is 34.9 Å². The fourth-order valence-electron chi connectivity index (χ4n) is 4.54. The van der Waals surface area contributed by atoms with E-state index in [1.165, 1.54) is 38.5 Å². The molecule has 0 saturated carbocycles. The summed E-state index contributed by atoms with van der Waals surface area (Å²) in [4.78, 5) is 0. The molecule has 0 radical (unpaired) electrons. The Hall–Kier alpha value is -0.820. The Labute approximate surface area is 117 Å². The molecule has 1 heteroatoms. The van der Waals surface area contributed by atoms with E-state index in [0.29, 0.717) is 11.8 Å². The van der Waals surface area contributed by atoms with E-state index in [2.05, 4.69) is 32.1 Å². The fraction of sp³-hybridized carbons (Fsp3) is 0.667. The van der Waals surface area contributed by atoms with Gasteiger partial charge in [0, 0.05) is 5.41 Å². The van der Waals surface area contributed by atoms with Crippen LogP contribution in [0.1, 0.15) is 52.4 Å². The maximum Gasteiger partial charge on any atom is 0.0522 e. The average molecular weight is 258 g/mol. The number of rotatable bonds is 2. The van der Waals surface area contributed by atoms with Gasteiger partial charge in [-0.2, -0.15) is 0 Å². The van der Waals surface area contributed by atoms with Gasteiger partial charge in [-0.3, -0.25) is 0 Å². The highest BCUT2D eigenvalue weighted by Crippen LogP contribution is 2.51. The third kappa shape index (κ3) is 2.03. The van der Waals surface area contributed by atoms with Crippen LogP contribution in [0.15, 0.2) is 34.9 Å². The first kappa shape index (κ1) is 13.2. The molecule has 0 aliphatic heterocycles. The second-order valence-electron chi connectivity index (χ2n) is 6.71. The standard InChI is InChI=1S/C18H26O/c1-3-17-16-9-8-13-6-4-5-7-14(13)15(16)10-11-18(17,2)12-19/h6,10-11,16-17,19H,3-5,7-9,12H2,1-2H3/t16-,17+,18-/m1/s1. The van der Waals surface area contributed by atoms with Gasteiger partial charge in [-0.25, -0.2) is 0 Å². The highest BCUT2D eigenvalue weighted by Gasteiger charge is 2.42. The van der Waals surface area contributed by atoms with Crippen molar-refractivity contribution < 1.29 is 5.11 Å². The zero-order valence-corrected chi connectivity index (χ0v) is 12.3. The van der Waals surface area contributed by atoms with Gasteiger partial charge in [0.15, 0.2) is 0 Å². The summed E-state index contributed by atoms with van der Waals surface area (Å²) in [6, 6.07) is 0. The maximum atomic E-state index is 9.80. The van der Waals surface area contributed by atoms with Gasteiger partial charge >= 0.3 is 0 Å². The third-order valence-electron chi connectivity index (χ3n) is 5.64. The predicted molar refractivity (Wildman–Crippen MR) is 79.8 cm³/mol. The topological polar surface area (TPSA) is 20.2 Å². The Balaban J connectivity index is 2.06. The molecule has 0 fully saturated rings. The molecule has 0 spiro atoms. The molecule has 0 heterocycles. The number of aliphatic hydroxyl groups excluding tert-OH is 1. The van der Waals surface area contributed by atoms with Gasteiger partial charge in [-0.15, -0.1) is 0 Å². The minimum absolute atomic E-state index is 0.0145. The fourth-order valence-corrected chi connectivity index (χ4v) is 4.54. The van der Waals surface area contributed by atoms with E-state index < -0.39 is 0 Å².